The SMILES string of the molecule is Clc1ccc2nc(-c3ccc(Br)cc3)sc2c1. The van der Waals surface area contributed by atoms with Crippen molar-refractivity contribution in [3.63, 3.8) is 0 Å². The fraction of sp³-hybridized carbons (Fsp3) is 0. The van der Waals surface area contributed by atoms with Crippen LogP contribution in [0.15, 0.2) is 46.9 Å². The topological polar surface area (TPSA) is 12.9 Å². The molecule has 0 saturated heterocycles. The van der Waals surface area contributed by atoms with Gasteiger partial charge in [-0.15, -0.1) is 11.3 Å². The molecule has 1 heterocycles. The highest BCUT2D eigenvalue weighted by Crippen LogP contribution is 2.32. The molecule has 4 heteroatoms. The molecule has 3 rings (SSSR count). The van der Waals surface area contributed by atoms with Gasteiger partial charge >= 0.3 is 0 Å². The Kier molecular flexibility index (Phi) is 2.90. The minimum absolute atomic E-state index is 0.753. The van der Waals surface area contributed by atoms with Crippen molar-refractivity contribution in [3.8, 4) is 10.6 Å². The van der Waals surface area contributed by atoms with Crippen molar-refractivity contribution in [3.05, 3.63) is 52.0 Å². The lowest BCUT2D eigenvalue weighted by Gasteiger charge is -1.94. The van der Waals surface area contributed by atoms with E-state index in [0.29, 0.717) is 0 Å². The average Bonchev–Trinajstić information content (AvgIpc) is 2.72. The molecule has 0 amide bonds. The van der Waals surface area contributed by atoms with Gasteiger partial charge in [0.1, 0.15) is 5.01 Å². The summed E-state index contributed by atoms with van der Waals surface area (Å²) in [6, 6.07) is 13.9. The zero-order valence-electron chi connectivity index (χ0n) is 8.65. The maximum absolute atomic E-state index is 5.97. The van der Waals surface area contributed by atoms with Gasteiger partial charge in [-0.1, -0.05) is 39.7 Å². The van der Waals surface area contributed by atoms with Crippen LogP contribution in [0.3, 0.4) is 0 Å². The van der Waals surface area contributed by atoms with Crippen LogP contribution in [0.1, 0.15) is 0 Å². The molecule has 0 aliphatic rings. The Morgan fingerprint density at radius 1 is 1.06 bits per heavy atom. The standard InChI is InChI=1S/C13H7BrClNS/c14-9-3-1-8(2-4-9)13-16-11-6-5-10(15)7-12(11)17-13/h1-7H. The van der Waals surface area contributed by atoms with Crippen LogP contribution in [0.4, 0.5) is 0 Å². The molecule has 0 unspecified atom stereocenters. The van der Waals surface area contributed by atoms with Crippen molar-refractivity contribution in [1.82, 2.24) is 4.98 Å². The number of hydrogen-bond acceptors (Lipinski definition) is 2. The third kappa shape index (κ3) is 2.23. The molecule has 0 bridgehead atoms. The Morgan fingerprint density at radius 3 is 2.59 bits per heavy atom. The molecule has 0 spiro atoms. The highest BCUT2D eigenvalue weighted by Gasteiger charge is 2.06. The normalized spacial score (nSPS) is 10.9. The predicted molar refractivity (Wildman–Crippen MR) is 77.8 cm³/mol. The smallest absolute Gasteiger partial charge is 0.124 e. The summed E-state index contributed by atoms with van der Waals surface area (Å²) in [5.74, 6) is 0. The Balaban J connectivity index is 2.14. The second-order valence-electron chi connectivity index (χ2n) is 3.64. The molecule has 0 N–H and O–H groups in total. The van der Waals surface area contributed by atoms with E-state index >= 15 is 0 Å². The third-order valence-electron chi connectivity index (χ3n) is 2.44. The van der Waals surface area contributed by atoms with Crippen molar-refractivity contribution >= 4 is 49.1 Å². The van der Waals surface area contributed by atoms with Crippen LogP contribution in [-0.2, 0) is 0 Å². The molecule has 17 heavy (non-hydrogen) atoms. The van der Waals surface area contributed by atoms with Crippen molar-refractivity contribution in [2.24, 2.45) is 0 Å². The van der Waals surface area contributed by atoms with Crippen LogP contribution < -0.4 is 0 Å². The minimum Gasteiger partial charge on any atom is -0.236 e. The first-order chi connectivity index (χ1) is 8.22. The highest BCUT2D eigenvalue weighted by atomic mass is 79.9. The second kappa shape index (κ2) is 4.41. The average molecular weight is 325 g/mol. The lowest BCUT2D eigenvalue weighted by Crippen LogP contribution is -1.74. The first-order valence-corrected chi connectivity index (χ1v) is 7.03. The summed E-state index contributed by atoms with van der Waals surface area (Å²) in [5, 5.41) is 1.78. The monoisotopic (exact) mass is 323 g/mol. The predicted octanol–water partition coefficient (Wildman–Crippen LogP) is 5.38. The summed E-state index contributed by atoms with van der Waals surface area (Å²) in [6.45, 7) is 0. The van der Waals surface area contributed by atoms with Gasteiger partial charge < -0.3 is 0 Å². The zero-order valence-corrected chi connectivity index (χ0v) is 11.8. The summed E-state index contributed by atoms with van der Waals surface area (Å²) < 4.78 is 2.20. The van der Waals surface area contributed by atoms with Crippen molar-refractivity contribution in [2.45, 2.75) is 0 Å². The molecule has 0 saturated carbocycles. The lowest BCUT2D eigenvalue weighted by atomic mass is 10.2. The molecule has 0 fully saturated rings. The number of thiazole rings is 1. The molecule has 0 radical (unpaired) electrons. The van der Waals surface area contributed by atoms with Crippen LogP contribution in [0.2, 0.25) is 5.02 Å². The Labute approximate surface area is 116 Å². The van der Waals surface area contributed by atoms with E-state index in [0.717, 1.165) is 30.3 Å². The summed E-state index contributed by atoms with van der Waals surface area (Å²) in [6.07, 6.45) is 0. The fourth-order valence-electron chi connectivity index (χ4n) is 1.61. The van der Waals surface area contributed by atoms with Crippen LogP contribution >= 0.6 is 38.9 Å². The second-order valence-corrected chi connectivity index (χ2v) is 6.02. The lowest BCUT2D eigenvalue weighted by molar-refractivity contribution is 1.47. The first-order valence-electron chi connectivity index (χ1n) is 5.04. The molecule has 1 nitrogen and oxygen atoms in total. The number of rotatable bonds is 1. The zero-order chi connectivity index (χ0) is 11.8. The number of halogens is 2. The largest absolute Gasteiger partial charge is 0.236 e. The Bertz CT molecular complexity index is 675. The number of hydrogen-bond donors (Lipinski definition) is 0. The van der Waals surface area contributed by atoms with Gasteiger partial charge in [0.05, 0.1) is 10.2 Å². The van der Waals surface area contributed by atoms with Gasteiger partial charge in [0, 0.05) is 15.1 Å². The van der Waals surface area contributed by atoms with Gasteiger partial charge in [-0.2, -0.15) is 0 Å². The van der Waals surface area contributed by atoms with Crippen molar-refractivity contribution in [2.75, 3.05) is 0 Å². The van der Waals surface area contributed by atoms with E-state index in [-0.39, 0.29) is 0 Å². The summed E-state index contributed by atoms with van der Waals surface area (Å²) in [5.41, 5.74) is 2.13. The van der Waals surface area contributed by atoms with Crippen LogP contribution in [-0.4, -0.2) is 4.98 Å². The van der Waals surface area contributed by atoms with E-state index in [1.165, 1.54) is 0 Å². The quantitative estimate of drug-likeness (QED) is 0.585. The van der Waals surface area contributed by atoms with E-state index in [1.54, 1.807) is 11.3 Å². The van der Waals surface area contributed by atoms with Gasteiger partial charge in [0.25, 0.3) is 0 Å². The summed E-state index contributed by atoms with van der Waals surface area (Å²) >= 11 is 11.1. The number of aromatic nitrogens is 1. The van der Waals surface area contributed by atoms with Crippen molar-refractivity contribution in [1.29, 1.82) is 0 Å². The number of fused-ring (bicyclic) bond motifs is 1. The highest BCUT2D eigenvalue weighted by molar-refractivity contribution is 9.10. The van der Waals surface area contributed by atoms with Crippen LogP contribution in [0, 0.1) is 0 Å². The summed E-state index contributed by atoms with van der Waals surface area (Å²) in [4.78, 5) is 4.60. The van der Waals surface area contributed by atoms with E-state index in [2.05, 4.69) is 33.0 Å². The fourth-order valence-corrected chi connectivity index (χ4v) is 3.13. The van der Waals surface area contributed by atoms with E-state index < -0.39 is 0 Å². The maximum atomic E-state index is 5.97. The first kappa shape index (κ1) is 11.2. The van der Waals surface area contributed by atoms with Crippen LogP contribution in [0.25, 0.3) is 20.8 Å². The maximum Gasteiger partial charge on any atom is 0.124 e. The molecule has 1 aromatic heterocycles. The molecule has 84 valence electrons. The number of benzene rings is 2. The molecular formula is C13H7BrClNS. The van der Waals surface area contributed by atoms with E-state index in [4.69, 9.17) is 11.6 Å². The van der Waals surface area contributed by atoms with E-state index in [1.807, 2.05) is 30.3 Å². The third-order valence-corrected chi connectivity index (χ3v) is 4.27. The minimum atomic E-state index is 0.753. The van der Waals surface area contributed by atoms with E-state index in [9.17, 15) is 0 Å². The molecule has 0 aliphatic heterocycles. The molecule has 2 aromatic carbocycles. The van der Waals surface area contributed by atoms with Gasteiger partial charge in [-0.05, 0) is 30.3 Å². The van der Waals surface area contributed by atoms with Crippen LogP contribution in [0.5, 0.6) is 0 Å². The van der Waals surface area contributed by atoms with Gasteiger partial charge in [-0.25, -0.2) is 4.98 Å². The molecule has 0 aliphatic carbocycles. The van der Waals surface area contributed by atoms with Gasteiger partial charge in [-0.3, -0.25) is 0 Å². The summed E-state index contributed by atoms with van der Waals surface area (Å²) in [7, 11) is 0. The molecular weight excluding hydrogens is 318 g/mol. The number of nitrogens with zero attached hydrogens (tertiary/aromatic N) is 1. The molecule has 3 aromatic rings. The Morgan fingerprint density at radius 2 is 1.82 bits per heavy atom. The van der Waals surface area contributed by atoms with Gasteiger partial charge in [0.15, 0.2) is 0 Å². The van der Waals surface area contributed by atoms with Gasteiger partial charge in [0.2, 0.25) is 0 Å². The Hall–Kier alpha value is -0.900. The van der Waals surface area contributed by atoms with Crippen molar-refractivity contribution < 1.29 is 0 Å². The molecule has 0 atom stereocenters.